The van der Waals surface area contributed by atoms with Crippen LogP contribution in [-0.4, -0.2) is 16.9 Å². The maximum Gasteiger partial charge on any atom is 0.119 e. The Labute approximate surface area is 120 Å². The van der Waals surface area contributed by atoms with Crippen molar-refractivity contribution < 1.29 is 4.74 Å². The van der Waals surface area contributed by atoms with Crippen molar-refractivity contribution in [2.24, 2.45) is 0 Å². The summed E-state index contributed by atoms with van der Waals surface area (Å²) in [6.45, 7) is 8.56. The predicted octanol–water partition coefficient (Wildman–Crippen LogP) is 3.95. The number of aromatic nitrogens is 2. The van der Waals surface area contributed by atoms with Crippen LogP contribution in [0.4, 0.5) is 5.69 Å². The number of anilines is 1. The van der Waals surface area contributed by atoms with E-state index in [1.54, 1.807) is 7.11 Å². The number of nitrogens with one attached hydrogen (secondary N) is 1. The third-order valence-corrected chi connectivity index (χ3v) is 3.51. The molecule has 0 bridgehead atoms. The molecule has 2 rings (SSSR count). The quantitative estimate of drug-likeness (QED) is 0.896. The van der Waals surface area contributed by atoms with E-state index in [1.807, 2.05) is 30.5 Å². The van der Waals surface area contributed by atoms with Gasteiger partial charge in [0.05, 0.1) is 19.3 Å². The molecule has 1 aromatic carbocycles. The van der Waals surface area contributed by atoms with Crippen LogP contribution < -0.4 is 10.1 Å². The minimum absolute atomic E-state index is 0.218. The van der Waals surface area contributed by atoms with Crippen LogP contribution in [0.25, 0.3) is 0 Å². The highest BCUT2D eigenvalue weighted by atomic mass is 16.5. The van der Waals surface area contributed by atoms with Crippen molar-refractivity contribution in [3.8, 4) is 5.75 Å². The first kappa shape index (κ1) is 14.4. The predicted molar refractivity (Wildman–Crippen MR) is 82.4 cm³/mol. The van der Waals surface area contributed by atoms with Crippen molar-refractivity contribution in [1.29, 1.82) is 0 Å². The van der Waals surface area contributed by atoms with Gasteiger partial charge in [0.25, 0.3) is 0 Å². The van der Waals surface area contributed by atoms with Crippen LogP contribution in [0.5, 0.6) is 5.75 Å². The van der Waals surface area contributed by atoms with Crippen LogP contribution in [-0.2, 0) is 0 Å². The molecule has 0 aliphatic rings. The molecule has 4 heteroatoms. The van der Waals surface area contributed by atoms with E-state index in [0.717, 1.165) is 11.4 Å². The monoisotopic (exact) mass is 273 g/mol. The zero-order chi connectivity index (χ0) is 14.7. The molecule has 0 amide bonds. The van der Waals surface area contributed by atoms with Crippen molar-refractivity contribution in [1.82, 2.24) is 9.78 Å². The number of nitrogens with zero attached hydrogens (tertiary/aromatic N) is 2. The van der Waals surface area contributed by atoms with Crippen LogP contribution in [0.3, 0.4) is 0 Å². The van der Waals surface area contributed by atoms with Gasteiger partial charge in [-0.05, 0) is 52.0 Å². The molecule has 1 aromatic heterocycles. The zero-order valence-corrected chi connectivity index (χ0v) is 12.8. The average Bonchev–Trinajstić information content (AvgIpc) is 2.81. The van der Waals surface area contributed by atoms with Crippen LogP contribution in [0.2, 0.25) is 0 Å². The fourth-order valence-corrected chi connectivity index (χ4v) is 2.40. The smallest absolute Gasteiger partial charge is 0.119 e. The summed E-state index contributed by atoms with van der Waals surface area (Å²) in [5.41, 5.74) is 3.53. The Hall–Kier alpha value is -1.97. The van der Waals surface area contributed by atoms with E-state index in [-0.39, 0.29) is 6.04 Å². The summed E-state index contributed by atoms with van der Waals surface area (Å²) in [6, 6.07) is 8.57. The highest BCUT2D eigenvalue weighted by molar-refractivity contribution is 5.48. The summed E-state index contributed by atoms with van der Waals surface area (Å²) in [6.07, 6.45) is 1.95. The molecule has 0 radical (unpaired) electrons. The van der Waals surface area contributed by atoms with E-state index in [2.05, 4.69) is 42.8 Å². The molecular formula is C16H23N3O. The van der Waals surface area contributed by atoms with E-state index < -0.39 is 0 Å². The Morgan fingerprint density at radius 1 is 1.15 bits per heavy atom. The molecule has 0 spiro atoms. The Morgan fingerprint density at radius 3 is 2.30 bits per heavy atom. The molecular weight excluding hydrogens is 250 g/mol. The van der Waals surface area contributed by atoms with Gasteiger partial charge in [0.15, 0.2) is 0 Å². The largest absolute Gasteiger partial charge is 0.497 e. The summed E-state index contributed by atoms with van der Waals surface area (Å²) in [4.78, 5) is 0. The van der Waals surface area contributed by atoms with E-state index in [4.69, 9.17) is 4.74 Å². The molecule has 0 aliphatic heterocycles. The SMILES string of the molecule is COc1ccc(NC(C)c2cnn(C(C)C)c2C)cc1. The van der Waals surface area contributed by atoms with Crippen LogP contribution >= 0.6 is 0 Å². The molecule has 0 saturated carbocycles. The van der Waals surface area contributed by atoms with Crippen LogP contribution in [0, 0.1) is 6.92 Å². The molecule has 108 valence electrons. The van der Waals surface area contributed by atoms with Gasteiger partial charge >= 0.3 is 0 Å². The zero-order valence-electron chi connectivity index (χ0n) is 12.8. The van der Waals surface area contributed by atoms with Crippen molar-refractivity contribution in [3.63, 3.8) is 0 Å². The topological polar surface area (TPSA) is 39.1 Å². The normalized spacial score (nSPS) is 12.5. The van der Waals surface area contributed by atoms with Gasteiger partial charge in [-0.25, -0.2) is 0 Å². The first-order valence-electron chi connectivity index (χ1n) is 6.97. The molecule has 0 fully saturated rings. The third kappa shape index (κ3) is 2.95. The van der Waals surface area contributed by atoms with Crippen LogP contribution in [0.15, 0.2) is 30.5 Å². The Kier molecular flexibility index (Phi) is 4.32. The second-order valence-corrected chi connectivity index (χ2v) is 5.32. The molecule has 1 unspecified atom stereocenters. The van der Waals surface area contributed by atoms with Gasteiger partial charge in [0.2, 0.25) is 0 Å². The highest BCUT2D eigenvalue weighted by Crippen LogP contribution is 2.24. The van der Waals surface area contributed by atoms with Gasteiger partial charge < -0.3 is 10.1 Å². The molecule has 1 N–H and O–H groups in total. The lowest BCUT2D eigenvalue weighted by atomic mass is 10.1. The Balaban J connectivity index is 2.13. The number of methoxy groups -OCH3 is 1. The third-order valence-electron chi connectivity index (χ3n) is 3.51. The van der Waals surface area contributed by atoms with E-state index in [9.17, 15) is 0 Å². The molecule has 0 saturated heterocycles. The summed E-state index contributed by atoms with van der Waals surface area (Å²) < 4.78 is 7.22. The minimum Gasteiger partial charge on any atom is -0.497 e. The number of ether oxygens (including phenoxy) is 1. The lowest BCUT2D eigenvalue weighted by molar-refractivity contribution is 0.415. The first-order valence-corrected chi connectivity index (χ1v) is 6.97. The average molecular weight is 273 g/mol. The van der Waals surface area contributed by atoms with Gasteiger partial charge in [-0.15, -0.1) is 0 Å². The first-order chi connectivity index (χ1) is 9.52. The van der Waals surface area contributed by atoms with E-state index >= 15 is 0 Å². The van der Waals surface area contributed by atoms with Crippen molar-refractivity contribution >= 4 is 5.69 Å². The molecule has 20 heavy (non-hydrogen) atoms. The second-order valence-electron chi connectivity index (χ2n) is 5.32. The maximum atomic E-state index is 5.17. The molecule has 1 atom stereocenters. The second kappa shape index (κ2) is 5.99. The molecule has 0 aliphatic carbocycles. The van der Waals surface area contributed by atoms with Gasteiger partial charge in [0.1, 0.15) is 5.75 Å². The van der Waals surface area contributed by atoms with Crippen molar-refractivity contribution in [3.05, 3.63) is 41.7 Å². The number of benzene rings is 1. The van der Waals surface area contributed by atoms with Gasteiger partial charge in [-0.3, -0.25) is 4.68 Å². The van der Waals surface area contributed by atoms with Crippen LogP contribution in [0.1, 0.15) is 44.1 Å². The van der Waals surface area contributed by atoms with Gasteiger partial charge in [-0.1, -0.05) is 0 Å². The standard InChI is InChI=1S/C16H23N3O/c1-11(2)19-13(4)16(10-17-19)12(3)18-14-6-8-15(20-5)9-7-14/h6-12,18H,1-5H3. The summed E-state index contributed by atoms with van der Waals surface area (Å²) in [7, 11) is 1.68. The fourth-order valence-electron chi connectivity index (χ4n) is 2.40. The van der Waals surface area contributed by atoms with Crippen molar-refractivity contribution in [2.45, 2.75) is 39.8 Å². The molecule has 4 nitrogen and oxygen atoms in total. The van der Waals surface area contributed by atoms with Gasteiger partial charge in [-0.2, -0.15) is 5.10 Å². The maximum absolute atomic E-state index is 5.17. The summed E-state index contributed by atoms with van der Waals surface area (Å²) >= 11 is 0. The fraction of sp³-hybridized carbons (Fsp3) is 0.438. The van der Waals surface area contributed by atoms with E-state index in [1.165, 1.54) is 11.3 Å². The van der Waals surface area contributed by atoms with Crippen molar-refractivity contribution in [2.75, 3.05) is 12.4 Å². The molecule has 2 aromatic rings. The number of rotatable bonds is 5. The lowest BCUT2D eigenvalue weighted by Crippen LogP contribution is -2.09. The number of hydrogen-bond acceptors (Lipinski definition) is 3. The van der Waals surface area contributed by atoms with Gasteiger partial charge in [0, 0.05) is 23.0 Å². The summed E-state index contributed by atoms with van der Waals surface area (Å²) in [5.74, 6) is 0.868. The summed E-state index contributed by atoms with van der Waals surface area (Å²) in [5, 5.41) is 7.96. The Bertz CT molecular complexity index is 558. The highest BCUT2D eigenvalue weighted by Gasteiger charge is 2.14. The minimum atomic E-state index is 0.218. The number of hydrogen-bond donors (Lipinski definition) is 1. The Morgan fingerprint density at radius 2 is 1.80 bits per heavy atom. The molecule has 1 heterocycles. The lowest BCUT2D eigenvalue weighted by Gasteiger charge is -2.16. The van der Waals surface area contributed by atoms with E-state index in [0.29, 0.717) is 6.04 Å².